The summed E-state index contributed by atoms with van der Waals surface area (Å²) < 4.78 is 5.55. The standard InChI is InChI=1S/C18H34N2O/c1-14-12-19-18(17-6-4-3-5-7-17)13-20(14)15(2)16-8-10-21-11-9-16/h14-19H,3-13H2,1-2H3. The van der Waals surface area contributed by atoms with Crippen molar-refractivity contribution in [2.45, 2.75) is 76.9 Å². The molecule has 3 rings (SSSR count). The monoisotopic (exact) mass is 294 g/mol. The molecule has 122 valence electrons. The van der Waals surface area contributed by atoms with Crippen molar-refractivity contribution in [3.63, 3.8) is 0 Å². The third kappa shape index (κ3) is 3.80. The second kappa shape index (κ2) is 7.43. The lowest BCUT2D eigenvalue weighted by Gasteiger charge is -2.47. The molecule has 1 aliphatic carbocycles. The number of nitrogens with zero attached hydrogens (tertiary/aromatic N) is 1. The van der Waals surface area contributed by atoms with Crippen molar-refractivity contribution in [2.75, 3.05) is 26.3 Å². The Hall–Kier alpha value is -0.120. The minimum atomic E-state index is 0.683. The van der Waals surface area contributed by atoms with Gasteiger partial charge in [-0.15, -0.1) is 0 Å². The lowest BCUT2D eigenvalue weighted by molar-refractivity contribution is 0.000636. The lowest BCUT2D eigenvalue weighted by atomic mass is 9.81. The molecule has 0 spiro atoms. The van der Waals surface area contributed by atoms with Gasteiger partial charge in [0.25, 0.3) is 0 Å². The van der Waals surface area contributed by atoms with Gasteiger partial charge in [0.05, 0.1) is 0 Å². The summed E-state index contributed by atoms with van der Waals surface area (Å²) in [7, 11) is 0. The number of rotatable bonds is 3. The molecule has 3 unspecified atom stereocenters. The molecule has 3 aliphatic rings. The van der Waals surface area contributed by atoms with Gasteiger partial charge in [-0.25, -0.2) is 0 Å². The summed E-state index contributed by atoms with van der Waals surface area (Å²) in [4.78, 5) is 2.81. The molecular weight excluding hydrogens is 260 g/mol. The molecule has 0 amide bonds. The first-order valence-corrected chi connectivity index (χ1v) is 9.32. The molecule has 3 atom stereocenters. The van der Waals surface area contributed by atoms with Crippen molar-refractivity contribution < 1.29 is 4.74 Å². The molecule has 0 bridgehead atoms. The van der Waals surface area contributed by atoms with E-state index in [4.69, 9.17) is 4.74 Å². The van der Waals surface area contributed by atoms with E-state index in [-0.39, 0.29) is 0 Å². The smallest absolute Gasteiger partial charge is 0.0469 e. The number of nitrogens with one attached hydrogen (secondary N) is 1. The van der Waals surface area contributed by atoms with Crippen LogP contribution in [0.2, 0.25) is 0 Å². The largest absolute Gasteiger partial charge is 0.381 e. The van der Waals surface area contributed by atoms with E-state index in [1.165, 1.54) is 58.0 Å². The van der Waals surface area contributed by atoms with Crippen LogP contribution in [0.5, 0.6) is 0 Å². The summed E-state index contributed by atoms with van der Waals surface area (Å²) in [5.41, 5.74) is 0. The van der Waals surface area contributed by atoms with Gasteiger partial charge in [0.15, 0.2) is 0 Å². The molecule has 0 aromatic heterocycles. The average molecular weight is 294 g/mol. The Balaban J connectivity index is 1.59. The van der Waals surface area contributed by atoms with Gasteiger partial charge in [-0.3, -0.25) is 4.90 Å². The number of ether oxygens (including phenoxy) is 1. The fourth-order valence-electron chi connectivity index (χ4n) is 4.80. The molecule has 21 heavy (non-hydrogen) atoms. The van der Waals surface area contributed by atoms with Crippen LogP contribution in [0.3, 0.4) is 0 Å². The van der Waals surface area contributed by atoms with Gasteiger partial charge in [-0.05, 0) is 51.4 Å². The van der Waals surface area contributed by atoms with Crippen LogP contribution in [0.25, 0.3) is 0 Å². The van der Waals surface area contributed by atoms with Crippen molar-refractivity contribution in [3.05, 3.63) is 0 Å². The Morgan fingerprint density at radius 3 is 2.48 bits per heavy atom. The van der Waals surface area contributed by atoms with E-state index in [0.29, 0.717) is 6.04 Å². The van der Waals surface area contributed by atoms with Gasteiger partial charge < -0.3 is 10.1 Å². The van der Waals surface area contributed by atoms with E-state index >= 15 is 0 Å². The number of hydrogen-bond donors (Lipinski definition) is 1. The van der Waals surface area contributed by atoms with Crippen LogP contribution in [0.4, 0.5) is 0 Å². The summed E-state index contributed by atoms with van der Waals surface area (Å²) in [5, 5.41) is 3.86. The third-order valence-corrected chi connectivity index (χ3v) is 6.34. The normalized spacial score (nSPS) is 35.7. The second-order valence-corrected chi connectivity index (χ2v) is 7.65. The van der Waals surface area contributed by atoms with Gasteiger partial charge in [0, 0.05) is 44.4 Å². The van der Waals surface area contributed by atoms with Crippen LogP contribution in [0.15, 0.2) is 0 Å². The topological polar surface area (TPSA) is 24.5 Å². The first kappa shape index (κ1) is 15.8. The Labute approximate surface area is 130 Å². The predicted molar refractivity (Wildman–Crippen MR) is 87.5 cm³/mol. The highest BCUT2D eigenvalue weighted by atomic mass is 16.5. The number of hydrogen-bond acceptors (Lipinski definition) is 3. The zero-order valence-electron chi connectivity index (χ0n) is 14.0. The zero-order chi connectivity index (χ0) is 14.7. The Bertz CT molecular complexity index is 310. The maximum absolute atomic E-state index is 5.55. The van der Waals surface area contributed by atoms with Crippen LogP contribution in [0.1, 0.15) is 58.8 Å². The van der Waals surface area contributed by atoms with Crippen molar-refractivity contribution in [2.24, 2.45) is 11.8 Å². The molecule has 1 N–H and O–H groups in total. The van der Waals surface area contributed by atoms with Crippen LogP contribution >= 0.6 is 0 Å². The fourth-order valence-corrected chi connectivity index (χ4v) is 4.80. The van der Waals surface area contributed by atoms with E-state index in [2.05, 4.69) is 24.1 Å². The van der Waals surface area contributed by atoms with E-state index < -0.39 is 0 Å². The highest BCUT2D eigenvalue weighted by Gasteiger charge is 2.35. The van der Waals surface area contributed by atoms with Gasteiger partial charge >= 0.3 is 0 Å². The van der Waals surface area contributed by atoms with Gasteiger partial charge in [0.1, 0.15) is 0 Å². The molecule has 3 heteroatoms. The van der Waals surface area contributed by atoms with Crippen LogP contribution < -0.4 is 5.32 Å². The van der Waals surface area contributed by atoms with Gasteiger partial charge in [0.2, 0.25) is 0 Å². The maximum atomic E-state index is 5.55. The summed E-state index contributed by atoms with van der Waals surface area (Å²) in [6, 6.07) is 2.14. The van der Waals surface area contributed by atoms with E-state index in [9.17, 15) is 0 Å². The highest BCUT2D eigenvalue weighted by Crippen LogP contribution is 2.31. The number of piperazine rings is 1. The zero-order valence-corrected chi connectivity index (χ0v) is 14.0. The molecule has 3 fully saturated rings. The molecule has 2 aliphatic heterocycles. The highest BCUT2D eigenvalue weighted by molar-refractivity contribution is 4.92. The fraction of sp³-hybridized carbons (Fsp3) is 1.00. The quantitative estimate of drug-likeness (QED) is 0.866. The van der Waals surface area contributed by atoms with Crippen molar-refractivity contribution in [3.8, 4) is 0 Å². The molecular formula is C18H34N2O. The average Bonchev–Trinajstić information content (AvgIpc) is 2.56. The first-order valence-electron chi connectivity index (χ1n) is 9.32. The Morgan fingerprint density at radius 2 is 1.76 bits per heavy atom. The van der Waals surface area contributed by atoms with Gasteiger partial charge in [-0.2, -0.15) is 0 Å². The molecule has 0 radical (unpaired) electrons. The van der Waals surface area contributed by atoms with Crippen molar-refractivity contribution >= 4 is 0 Å². The predicted octanol–water partition coefficient (Wildman–Crippen LogP) is 3.04. The third-order valence-electron chi connectivity index (χ3n) is 6.34. The summed E-state index contributed by atoms with van der Waals surface area (Å²) >= 11 is 0. The van der Waals surface area contributed by atoms with Gasteiger partial charge in [-0.1, -0.05) is 19.3 Å². The molecule has 0 aromatic carbocycles. The molecule has 1 saturated carbocycles. The van der Waals surface area contributed by atoms with Crippen LogP contribution in [-0.2, 0) is 4.74 Å². The molecule has 2 heterocycles. The Kier molecular flexibility index (Phi) is 5.58. The van der Waals surface area contributed by atoms with E-state index in [1.807, 2.05) is 0 Å². The summed E-state index contributed by atoms with van der Waals surface area (Å²) in [5.74, 6) is 1.77. The molecule has 3 nitrogen and oxygen atoms in total. The van der Waals surface area contributed by atoms with Crippen LogP contribution in [-0.4, -0.2) is 49.3 Å². The lowest BCUT2D eigenvalue weighted by Crippen LogP contribution is -2.61. The maximum Gasteiger partial charge on any atom is 0.0469 e. The molecule has 0 aromatic rings. The van der Waals surface area contributed by atoms with E-state index in [0.717, 1.165) is 37.1 Å². The Morgan fingerprint density at radius 1 is 1.05 bits per heavy atom. The summed E-state index contributed by atoms with van der Waals surface area (Å²) in [6.07, 6.45) is 9.78. The van der Waals surface area contributed by atoms with Crippen molar-refractivity contribution in [1.82, 2.24) is 10.2 Å². The van der Waals surface area contributed by atoms with Crippen LogP contribution in [0, 0.1) is 11.8 Å². The summed E-state index contributed by atoms with van der Waals surface area (Å²) in [6.45, 7) is 9.26. The first-order chi connectivity index (χ1) is 10.3. The SMILES string of the molecule is CC1CNC(C2CCCCC2)CN1C(C)C1CCOCC1. The second-order valence-electron chi connectivity index (χ2n) is 7.65. The van der Waals surface area contributed by atoms with E-state index in [1.54, 1.807) is 0 Å². The molecule has 2 saturated heterocycles. The minimum absolute atomic E-state index is 0.683. The van der Waals surface area contributed by atoms with Crippen molar-refractivity contribution in [1.29, 1.82) is 0 Å². The minimum Gasteiger partial charge on any atom is -0.381 e.